The first-order valence-corrected chi connectivity index (χ1v) is 9.58. The van der Waals surface area contributed by atoms with Crippen molar-refractivity contribution in [3.05, 3.63) is 41.4 Å². The quantitative estimate of drug-likeness (QED) is 0.733. The SMILES string of the molecule is Fc1cc(-c2cc3c(N4CC5CCC(C4)N5)ncnc3s2)ccc1Cl. The third-order valence-corrected chi connectivity index (χ3v) is 6.43. The van der Waals surface area contributed by atoms with Crippen LogP contribution in [0.25, 0.3) is 20.7 Å². The fraction of sp³-hybridized carbons (Fsp3) is 0.333. The molecule has 2 aliphatic heterocycles. The molecular weight excluding hydrogens is 359 g/mol. The Balaban J connectivity index is 1.57. The molecule has 3 aromatic rings. The molecule has 2 saturated heterocycles. The minimum absolute atomic E-state index is 0.140. The number of fused-ring (bicyclic) bond motifs is 3. The first-order chi connectivity index (χ1) is 12.2. The Hall–Kier alpha value is -1.76. The minimum atomic E-state index is -0.401. The van der Waals surface area contributed by atoms with E-state index in [2.05, 4.69) is 26.3 Å². The molecule has 128 valence electrons. The number of anilines is 1. The topological polar surface area (TPSA) is 41.0 Å². The van der Waals surface area contributed by atoms with Crippen molar-refractivity contribution in [3.63, 3.8) is 0 Å². The van der Waals surface area contributed by atoms with E-state index < -0.39 is 5.82 Å². The van der Waals surface area contributed by atoms with Crippen molar-refractivity contribution < 1.29 is 4.39 Å². The first-order valence-electron chi connectivity index (χ1n) is 8.38. The van der Waals surface area contributed by atoms with Crippen LogP contribution in [0.2, 0.25) is 5.02 Å². The zero-order valence-electron chi connectivity index (χ0n) is 13.4. The number of rotatable bonds is 2. The molecule has 2 fully saturated rings. The van der Waals surface area contributed by atoms with Gasteiger partial charge in [0.25, 0.3) is 0 Å². The number of nitrogens with one attached hydrogen (secondary N) is 1. The van der Waals surface area contributed by atoms with Gasteiger partial charge < -0.3 is 10.2 Å². The predicted octanol–water partition coefficient (Wildman–Crippen LogP) is 4.09. The molecule has 1 N–H and O–H groups in total. The fourth-order valence-corrected chi connectivity index (χ4v) is 4.96. The van der Waals surface area contributed by atoms with Crippen molar-refractivity contribution in [2.75, 3.05) is 18.0 Å². The highest BCUT2D eigenvalue weighted by atomic mass is 35.5. The molecule has 4 heterocycles. The molecule has 0 saturated carbocycles. The molecule has 2 unspecified atom stereocenters. The summed E-state index contributed by atoms with van der Waals surface area (Å²) in [6, 6.07) is 8.08. The van der Waals surface area contributed by atoms with Crippen LogP contribution in [0.15, 0.2) is 30.6 Å². The van der Waals surface area contributed by atoms with E-state index in [1.54, 1.807) is 23.7 Å². The highest BCUT2D eigenvalue weighted by Crippen LogP contribution is 2.38. The molecule has 7 heteroatoms. The molecule has 1 aromatic carbocycles. The van der Waals surface area contributed by atoms with E-state index in [1.165, 1.54) is 18.9 Å². The van der Waals surface area contributed by atoms with Gasteiger partial charge in [-0.05, 0) is 36.6 Å². The van der Waals surface area contributed by atoms with Gasteiger partial charge in [-0.15, -0.1) is 11.3 Å². The Bertz CT molecular complexity index is 947. The Morgan fingerprint density at radius 3 is 2.72 bits per heavy atom. The van der Waals surface area contributed by atoms with Crippen LogP contribution in [-0.4, -0.2) is 35.1 Å². The lowest BCUT2D eigenvalue weighted by Crippen LogP contribution is -2.51. The average molecular weight is 375 g/mol. The molecule has 4 nitrogen and oxygen atoms in total. The van der Waals surface area contributed by atoms with E-state index in [9.17, 15) is 4.39 Å². The van der Waals surface area contributed by atoms with E-state index in [1.807, 2.05) is 6.07 Å². The Morgan fingerprint density at radius 2 is 1.96 bits per heavy atom. The molecule has 2 aromatic heterocycles. The molecule has 5 rings (SSSR count). The van der Waals surface area contributed by atoms with E-state index in [-0.39, 0.29) is 5.02 Å². The summed E-state index contributed by atoms with van der Waals surface area (Å²) in [4.78, 5) is 13.3. The monoisotopic (exact) mass is 374 g/mol. The summed E-state index contributed by atoms with van der Waals surface area (Å²) in [7, 11) is 0. The third kappa shape index (κ3) is 2.69. The van der Waals surface area contributed by atoms with Crippen LogP contribution in [0.4, 0.5) is 10.2 Å². The van der Waals surface area contributed by atoms with Gasteiger partial charge in [-0.25, -0.2) is 14.4 Å². The molecule has 0 radical (unpaired) electrons. The first kappa shape index (κ1) is 15.5. The van der Waals surface area contributed by atoms with Crippen LogP contribution in [0.5, 0.6) is 0 Å². The van der Waals surface area contributed by atoms with Crippen LogP contribution >= 0.6 is 22.9 Å². The van der Waals surface area contributed by atoms with Gasteiger partial charge in [0.05, 0.1) is 10.4 Å². The van der Waals surface area contributed by atoms with E-state index in [0.717, 1.165) is 39.6 Å². The molecule has 0 amide bonds. The second-order valence-electron chi connectivity index (χ2n) is 6.70. The minimum Gasteiger partial charge on any atom is -0.353 e. The molecule has 2 aliphatic rings. The van der Waals surface area contributed by atoms with Crippen molar-refractivity contribution in [2.24, 2.45) is 0 Å². The zero-order valence-corrected chi connectivity index (χ0v) is 14.9. The zero-order chi connectivity index (χ0) is 17.0. The lowest BCUT2D eigenvalue weighted by molar-refractivity contribution is 0.464. The number of thiophene rings is 1. The number of hydrogen-bond acceptors (Lipinski definition) is 5. The van der Waals surface area contributed by atoms with Gasteiger partial charge in [-0.3, -0.25) is 0 Å². The van der Waals surface area contributed by atoms with Gasteiger partial charge in [-0.2, -0.15) is 0 Å². The van der Waals surface area contributed by atoms with Gasteiger partial charge >= 0.3 is 0 Å². The molecule has 0 aliphatic carbocycles. The van der Waals surface area contributed by atoms with Gasteiger partial charge in [0.15, 0.2) is 0 Å². The normalized spacial score (nSPS) is 22.7. The maximum atomic E-state index is 13.8. The molecule has 2 bridgehead atoms. The number of hydrogen-bond donors (Lipinski definition) is 1. The largest absolute Gasteiger partial charge is 0.353 e. The number of aromatic nitrogens is 2. The van der Waals surface area contributed by atoms with E-state index in [4.69, 9.17) is 11.6 Å². The van der Waals surface area contributed by atoms with Crippen LogP contribution in [0.3, 0.4) is 0 Å². The van der Waals surface area contributed by atoms with Gasteiger partial charge in [0.1, 0.15) is 22.8 Å². The van der Waals surface area contributed by atoms with Gasteiger partial charge in [0.2, 0.25) is 0 Å². The van der Waals surface area contributed by atoms with E-state index in [0.29, 0.717) is 12.1 Å². The summed E-state index contributed by atoms with van der Waals surface area (Å²) >= 11 is 7.36. The highest BCUT2D eigenvalue weighted by Gasteiger charge is 2.33. The van der Waals surface area contributed by atoms with Crippen molar-refractivity contribution in [1.82, 2.24) is 15.3 Å². The van der Waals surface area contributed by atoms with E-state index >= 15 is 0 Å². The summed E-state index contributed by atoms with van der Waals surface area (Å²) in [5.41, 5.74) is 0.816. The van der Waals surface area contributed by atoms with Crippen molar-refractivity contribution >= 4 is 39.0 Å². The average Bonchev–Trinajstić information content (AvgIpc) is 3.20. The lowest BCUT2D eigenvalue weighted by atomic mass is 10.1. The van der Waals surface area contributed by atoms with Gasteiger partial charge in [-0.1, -0.05) is 17.7 Å². The molecule has 2 atom stereocenters. The number of benzene rings is 1. The summed E-state index contributed by atoms with van der Waals surface area (Å²) in [6.45, 7) is 1.95. The highest BCUT2D eigenvalue weighted by molar-refractivity contribution is 7.21. The molecule has 25 heavy (non-hydrogen) atoms. The second-order valence-corrected chi connectivity index (χ2v) is 8.14. The summed E-state index contributed by atoms with van der Waals surface area (Å²) in [5.74, 6) is 0.585. The maximum absolute atomic E-state index is 13.8. The Labute approximate surface area is 153 Å². The standard InChI is InChI=1S/C18H16ClFN4S/c19-14-4-1-10(5-15(14)20)16-6-13-17(21-9-22-18(13)25-16)24-7-11-2-3-12(8-24)23-11/h1,4-6,9,11-12,23H,2-3,7-8H2. The van der Waals surface area contributed by atoms with Gasteiger partial charge in [0, 0.05) is 30.1 Å². The number of piperazine rings is 1. The number of nitrogens with zero attached hydrogens (tertiary/aromatic N) is 3. The third-order valence-electron chi connectivity index (χ3n) is 5.03. The summed E-state index contributed by atoms with van der Waals surface area (Å²) in [5, 5.41) is 4.83. The second kappa shape index (κ2) is 5.90. The fourth-order valence-electron chi connectivity index (χ4n) is 3.86. The van der Waals surface area contributed by atoms with Crippen LogP contribution < -0.4 is 10.2 Å². The number of halogens is 2. The van der Waals surface area contributed by atoms with Crippen LogP contribution in [0, 0.1) is 5.82 Å². The maximum Gasteiger partial charge on any atom is 0.142 e. The summed E-state index contributed by atoms with van der Waals surface area (Å²) < 4.78 is 13.8. The molecule has 0 spiro atoms. The Kier molecular flexibility index (Phi) is 3.66. The van der Waals surface area contributed by atoms with Crippen LogP contribution in [0.1, 0.15) is 12.8 Å². The smallest absolute Gasteiger partial charge is 0.142 e. The lowest BCUT2D eigenvalue weighted by Gasteiger charge is -2.33. The summed E-state index contributed by atoms with van der Waals surface area (Å²) in [6.07, 6.45) is 4.09. The predicted molar refractivity (Wildman–Crippen MR) is 100.0 cm³/mol. The van der Waals surface area contributed by atoms with Crippen LogP contribution in [-0.2, 0) is 0 Å². The van der Waals surface area contributed by atoms with Crippen molar-refractivity contribution in [1.29, 1.82) is 0 Å². The van der Waals surface area contributed by atoms with Crippen molar-refractivity contribution in [2.45, 2.75) is 24.9 Å². The molecular formula is C18H16ClFN4S. The Morgan fingerprint density at radius 1 is 1.16 bits per heavy atom. The van der Waals surface area contributed by atoms with Crippen molar-refractivity contribution in [3.8, 4) is 10.4 Å².